The molecule has 7 nitrogen and oxygen atoms in total. The highest BCUT2D eigenvalue weighted by atomic mass is 35.5. The zero-order chi connectivity index (χ0) is 14.6. The highest BCUT2D eigenvalue weighted by molar-refractivity contribution is 6.32. The summed E-state index contributed by atoms with van der Waals surface area (Å²) in [6.07, 6.45) is 1.22. The quantitative estimate of drug-likeness (QED) is 0.484. The smallest absolute Gasteiger partial charge is 0.319 e. The molecule has 0 atom stereocenters. The van der Waals surface area contributed by atoms with Crippen LogP contribution in [-0.2, 0) is 0 Å². The topological polar surface area (TPSA) is 105 Å². The predicted molar refractivity (Wildman–Crippen MR) is 69.1 cm³/mol. The van der Waals surface area contributed by atoms with E-state index in [0.29, 0.717) is 0 Å². The van der Waals surface area contributed by atoms with E-state index in [1.54, 1.807) is 13.8 Å². The van der Waals surface area contributed by atoms with Crippen LogP contribution in [0.5, 0.6) is 0 Å². The van der Waals surface area contributed by atoms with Crippen molar-refractivity contribution in [1.29, 1.82) is 0 Å². The molecule has 0 aromatic carbocycles. The van der Waals surface area contributed by atoms with Gasteiger partial charge in [-0.15, -0.1) is 0 Å². The molecule has 1 rings (SSSR count). The van der Waals surface area contributed by atoms with Crippen LogP contribution in [0.3, 0.4) is 0 Å². The van der Waals surface area contributed by atoms with E-state index in [1.165, 1.54) is 12.3 Å². The largest absolute Gasteiger partial charge is 0.396 e. The van der Waals surface area contributed by atoms with Gasteiger partial charge < -0.3 is 10.4 Å². The maximum atomic E-state index is 11.9. The molecule has 19 heavy (non-hydrogen) atoms. The number of pyridine rings is 1. The number of rotatable bonds is 5. The number of aromatic nitrogens is 1. The molecule has 0 fully saturated rings. The van der Waals surface area contributed by atoms with Crippen molar-refractivity contribution in [1.82, 2.24) is 10.3 Å². The van der Waals surface area contributed by atoms with Gasteiger partial charge in [-0.2, -0.15) is 0 Å². The van der Waals surface area contributed by atoms with Crippen molar-refractivity contribution in [3.05, 3.63) is 33.1 Å². The lowest BCUT2D eigenvalue weighted by atomic mass is 9.95. The van der Waals surface area contributed by atoms with Crippen molar-refractivity contribution in [2.24, 2.45) is 5.41 Å². The lowest BCUT2D eigenvalue weighted by molar-refractivity contribution is -0.385. The summed E-state index contributed by atoms with van der Waals surface area (Å²) < 4.78 is 0. The van der Waals surface area contributed by atoms with Crippen LogP contribution in [0.15, 0.2) is 12.3 Å². The SMILES string of the molecule is CC(C)(CO)CNC(=O)c1ccnc(Cl)c1[N+](=O)[O-]. The van der Waals surface area contributed by atoms with E-state index in [4.69, 9.17) is 16.7 Å². The number of amides is 1. The average Bonchev–Trinajstić information content (AvgIpc) is 2.35. The molecule has 1 aromatic heterocycles. The minimum Gasteiger partial charge on any atom is -0.396 e. The zero-order valence-corrected chi connectivity index (χ0v) is 11.3. The molecule has 0 saturated carbocycles. The fourth-order valence-corrected chi connectivity index (χ4v) is 1.48. The Kier molecular flexibility index (Phi) is 4.79. The van der Waals surface area contributed by atoms with Crippen molar-refractivity contribution in [3.63, 3.8) is 0 Å². The highest BCUT2D eigenvalue weighted by Gasteiger charge is 2.26. The number of carbonyl (C=O) groups excluding carboxylic acids is 1. The third-order valence-corrected chi connectivity index (χ3v) is 2.74. The zero-order valence-electron chi connectivity index (χ0n) is 10.5. The van der Waals surface area contributed by atoms with E-state index in [0.717, 1.165) is 0 Å². The Labute approximate surface area is 114 Å². The Hall–Kier alpha value is -1.73. The van der Waals surface area contributed by atoms with E-state index in [-0.39, 0.29) is 23.9 Å². The van der Waals surface area contributed by atoms with E-state index in [9.17, 15) is 14.9 Å². The maximum absolute atomic E-state index is 11.9. The first-order valence-corrected chi connectivity index (χ1v) is 5.84. The summed E-state index contributed by atoms with van der Waals surface area (Å²) in [5.74, 6) is -0.627. The summed E-state index contributed by atoms with van der Waals surface area (Å²) in [5.41, 5.74) is -1.19. The molecule has 8 heteroatoms. The molecule has 2 N–H and O–H groups in total. The second-order valence-electron chi connectivity index (χ2n) is 4.76. The normalized spacial score (nSPS) is 11.2. The minimum absolute atomic E-state index is 0.119. The van der Waals surface area contributed by atoms with Gasteiger partial charge in [-0.05, 0) is 6.07 Å². The molecule has 0 aliphatic heterocycles. The Balaban J connectivity index is 2.95. The van der Waals surface area contributed by atoms with E-state index in [2.05, 4.69) is 10.3 Å². The van der Waals surface area contributed by atoms with Crippen LogP contribution >= 0.6 is 11.6 Å². The van der Waals surface area contributed by atoms with Crippen LogP contribution < -0.4 is 5.32 Å². The third-order valence-electron chi connectivity index (χ3n) is 2.46. The number of carbonyl (C=O) groups is 1. The lowest BCUT2D eigenvalue weighted by Gasteiger charge is -2.21. The molecule has 0 bridgehead atoms. The first-order valence-electron chi connectivity index (χ1n) is 5.46. The molecule has 0 unspecified atom stereocenters. The molecule has 1 aromatic rings. The molecule has 1 amide bonds. The monoisotopic (exact) mass is 287 g/mol. The van der Waals surface area contributed by atoms with Crippen LogP contribution in [-0.4, -0.2) is 34.1 Å². The number of halogens is 1. The Bertz CT molecular complexity index is 505. The van der Waals surface area contributed by atoms with Crippen LogP contribution in [0.1, 0.15) is 24.2 Å². The number of aliphatic hydroxyl groups excluding tert-OH is 1. The van der Waals surface area contributed by atoms with Gasteiger partial charge in [0, 0.05) is 24.8 Å². The fourth-order valence-electron chi connectivity index (χ4n) is 1.26. The number of aliphatic hydroxyl groups is 1. The standard InChI is InChI=1S/C11H14ClN3O4/c1-11(2,6-16)5-14-10(17)7-3-4-13-9(12)8(7)15(18)19/h3-4,16H,5-6H2,1-2H3,(H,14,17). The van der Waals surface area contributed by atoms with Crippen molar-refractivity contribution < 1.29 is 14.8 Å². The number of hydrogen-bond donors (Lipinski definition) is 2. The molecular weight excluding hydrogens is 274 g/mol. The lowest BCUT2D eigenvalue weighted by Crippen LogP contribution is -2.36. The second kappa shape index (κ2) is 5.94. The number of nitrogens with zero attached hydrogens (tertiary/aromatic N) is 2. The Morgan fingerprint density at radius 2 is 2.26 bits per heavy atom. The maximum Gasteiger partial charge on any atom is 0.319 e. The molecule has 0 aliphatic rings. The molecule has 104 valence electrons. The Morgan fingerprint density at radius 3 is 2.79 bits per heavy atom. The minimum atomic E-state index is -0.749. The van der Waals surface area contributed by atoms with Crippen LogP contribution in [0.25, 0.3) is 0 Å². The predicted octanol–water partition coefficient (Wildman–Crippen LogP) is 1.39. The van der Waals surface area contributed by atoms with Crippen molar-refractivity contribution in [2.75, 3.05) is 13.2 Å². The van der Waals surface area contributed by atoms with E-state index in [1.807, 2.05) is 0 Å². The average molecular weight is 288 g/mol. The van der Waals surface area contributed by atoms with Crippen LogP contribution in [0.2, 0.25) is 5.15 Å². The number of hydrogen-bond acceptors (Lipinski definition) is 5. The van der Waals surface area contributed by atoms with Gasteiger partial charge in [-0.3, -0.25) is 14.9 Å². The second-order valence-corrected chi connectivity index (χ2v) is 5.12. The summed E-state index contributed by atoms with van der Waals surface area (Å²) in [6, 6.07) is 1.23. The summed E-state index contributed by atoms with van der Waals surface area (Å²) >= 11 is 5.61. The van der Waals surface area contributed by atoms with Gasteiger partial charge in [0.1, 0.15) is 5.56 Å². The van der Waals surface area contributed by atoms with Gasteiger partial charge in [0.15, 0.2) is 0 Å². The number of nitro groups is 1. The van der Waals surface area contributed by atoms with Gasteiger partial charge in [-0.1, -0.05) is 25.4 Å². The Morgan fingerprint density at radius 1 is 1.63 bits per heavy atom. The van der Waals surface area contributed by atoms with Crippen molar-refractivity contribution in [3.8, 4) is 0 Å². The highest BCUT2D eigenvalue weighted by Crippen LogP contribution is 2.26. The summed E-state index contributed by atoms with van der Waals surface area (Å²) in [6.45, 7) is 3.56. The van der Waals surface area contributed by atoms with E-state index < -0.39 is 21.9 Å². The summed E-state index contributed by atoms with van der Waals surface area (Å²) in [5, 5.41) is 22.1. The van der Waals surface area contributed by atoms with E-state index >= 15 is 0 Å². The van der Waals surface area contributed by atoms with Crippen molar-refractivity contribution in [2.45, 2.75) is 13.8 Å². The fraction of sp³-hybridized carbons (Fsp3) is 0.455. The molecular formula is C11H14ClN3O4. The first kappa shape index (κ1) is 15.3. The van der Waals surface area contributed by atoms with Gasteiger partial charge in [0.2, 0.25) is 5.15 Å². The van der Waals surface area contributed by atoms with Gasteiger partial charge in [0.25, 0.3) is 5.91 Å². The van der Waals surface area contributed by atoms with Gasteiger partial charge in [0.05, 0.1) is 4.92 Å². The summed E-state index contributed by atoms with van der Waals surface area (Å²) in [7, 11) is 0. The third kappa shape index (κ3) is 3.87. The molecule has 0 spiro atoms. The molecule has 0 aliphatic carbocycles. The molecule has 0 radical (unpaired) electrons. The first-order chi connectivity index (χ1) is 8.78. The summed E-state index contributed by atoms with van der Waals surface area (Å²) in [4.78, 5) is 25.6. The van der Waals surface area contributed by atoms with Gasteiger partial charge >= 0.3 is 5.69 Å². The molecule has 1 heterocycles. The van der Waals surface area contributed by atoms with Crippen LogP contribution in [0, 0.1) is 15.5 Å². The van der Waals surface area contributed by atoms with Crippen LogP contribution in [0.4, 0.5) is 5.69 Å². The molecule has 0 saturated heterocycles. The van der Waals surface area contributed by atoms with Gasteiger partial charge in [-0.25, -0.2) is 4.98 Å². The van der Waals surface area contributed by atoms with Crippen molar-refractivity contribution >= 4 is 23.2 Å². The number of nitrogens with one attached hydrogen (secondary N) is 1.